The third-order valence-corrected chi connectivity index (χ3v) is 1.63. The summed E-state index contributed by atoms with van der Waals surface area (Å²) < 4.78 is 5.00. The van der Waals surface area contributed by atoms with Crippen LogP contribution >= 0.6 is 0 Å². The van der Waals surface area contributed by atoms with Crippen molar-refractivity contribution in [1.29, 1.82) is 0 Å². The van der Waals surface area contributed by atoms with Gasteiger partial charge in [0.2, 0.25) is 0 Å². The van der Waals surface area contributed by atoms with Gasteiger partial charge in [-0.2, -0.15) is 0 Å². The molecule has 0 aliphatic rings. The summed E-state index contributed by atoms with van der Waals surface area (Å²) in [6, 6.07) is 7.52. The Labute approximate surface area is 77.8 Å². The van der Waals surface area contributed by atoms with E-state index in [1.54, 1.807) is 19.3 Å². The summed E-state index contributed by atoms with van der Waals surface area (Å²) in [5.74, 6) is 0.871. The summed E-state index contributed by atoms with van der Waals surface area (Å²) in [5.41, 5.74) is 0.996. The molecule has 0 N–H and O–H groups in total. The maximum absolute atomic E-state index is 10.6. The molecule has 0 unspecified atom stereocenters. The molecule has 0 saturated heterocycles. The van der Waals surface area contributed by atoms with Crippen molar-refractivity contribution in [3.63, 3.8) is 0 Å². The number of benzene rings is 1. The van der Waals surface area contributed by atoms with E-state index in [9.17, 15) is 4.79 Å². The van der Waals surface area contributed by atoms with Gasteiger partial charge in [0.05, 0.1) is 7.11 Å². The summed E-state index contributed by atoms with van der Waals surface area (Å²) in [7, 11) is 1.63. The first-order chi connectivity index (χ1) is 6.22. The standard InChI is InChI=1S/C11H12O2/c1-9(12)3-4-10-5-7-11(13-2)8-6-10/h3-8H,1-2H3/b4-3-. The van der Waals surface area contributed by atoms with Crippen LogP contribution in [0.2, 0.25) is 0 Å². The van der Waals surface area contributed by atoms with Gasteiger partial charge >= 0.3 is 0 Å². The Kier molecular flexibility index (Phi) is 3.26. The van der Waals surface area contributed by atoms with Crippen molar-refractivity contribution in [2.24, 2.45) is 0 Å². The van der Waals surface area contributed by atoms with Gasteiger partial charge in [0.1, 0.15) is 5.75 Å². The topological polar surface area (TPSA) is 26.3 Å². The number of hydrogen-bond donors (Lipinski definition) is 0. The van der Waals surface area contributed by atoms with Gasteiger partial charge in [0.25, 0.3) is 0 Å². The zero-order valence-electron chi connectivity index (χ0n) is 7.78. The molecule has 13 heavy (non-hydrogen) atoms. The van der Waals surface area contributed by atoms with Crippen molar-refractivity contribution in [3.8, 4) is 5.75 Å². The highest BCUT2D eigenvalue weighted by atomic mass is 16.5. The van der Waals surface area contributed by atoms with Crippen LogP contribution in [0.3, 0.4) is 0 Å². The fraction of sp³-hybridized carbons (Fsp3) is 0.182. The van der Waals surface area contributed by atoms with Gasteiger partial charge < -0.3 is 4.74 Å². The Morgan fingerprint density at radius 2 is 1.92 bits per heavy atom. The highest BCUT2D eigenvalue weighted by Gasteiger charge is 1.90. The molecule has 0 atom stereocenters. The Morgan fingerprint density at radius 3 is 2.38 bits per heavy atom. The van der Waals surface area contributed by atoms with Crippen molar-refractivity contribution >= 4 is 11.9 Å². The summed E-state index contributed by atoms with van der Waals surface area (Å²) in [5, 5.41) is 0. The number of allylic oxidation sites excluding steroid dienone is 1. The number of methoxy groups -OCH3 is 1. The summed E-state index contributed by atoms with van der Waals surface area (Å²) in [4.78, 5) is 10.6. The van der Waals surface area contributed by atoms with Crippen LogP contribution in [-0.2, 0) is 4.79 Å². The summed E-state index contributed by atoms with van der Waals surface area (Å²) in [6.07, 6.45) is 3.32. The second-order valence-electron chi connectivity index (χ2n) is 2.72. The second-order valence-corrected chi connectivity index (χ2v) is 2.72. The molecule has 0 aromatic heterocycles. The molecule has 0 spiro atoms. The molecule has 1 aromatic rings. The van der Waals surface area contributed by atoms with E-state index in [1.807, 2.05) is 24.3 Å². The molecule has 0 radical (unpaired) electrons. The van der Waals surface area contributed by atoms with Crippen LogP contribution in [0.25, 0.3) is 6.08 Å². The van der Waals surface area contributed by atoms with Gasteiger partial charge in [-0.15, -0.1) is 0 Å². The first kappa shape index (κ1) is 9.52. The molecule has 68 valence electrons. The zero-order chi connectivity index (χ0) is 9.68. The van der Waals surface area contributed by atoms with E-state index in [-0.39, 0.29) is 5.78 Å². The van der Waals surface area contributed by atoms with Crippen LogP contribution in [0.5, 0.6) is 5.75 Å². The minimum Gasteiger partial charge on any atom is -0.497 e. The Bertz CT molecular complexity index is 309. The highest BCUT2D eigenvalue weighted by molar-refractivity contribution is 5.91. The summed E-state index contributed by atoms with van der Waals surface area (Å²) >= 11 is 0. The lowest BCUT2D eigenvalue weighted by atomic mass is 10.2. The van der Waals surface area contributed by atoms with Gasteiger partial charge in [-0.3, -0.25) is 4.79 Å². The minimum atomic E-state index is 0.0517. The van der Waals surface area contributed by atoms with Gasteiger partial charge in [0, 0.05) is 0 Å². The van der Waals surface area contributed by atoms with Gasteiger partial charge in [-0.25, -0.2) is 0 Å². The zero-order valence-corrected chi connectivity index (χ0v) is 7.78. The van der Waals surface area contributed by atoms with Crippen LogP contribution in [0.15, 0.2) is 30.3 Å². The largest absolute Gasteiger partial charge is 0.497 e. The van der Waals surface area contributed by atoms with Crippen LogP contribution in [-0.4, -0.2) is 12.9 Å². The number of ether oxygens (including phenoxy) is 1. The van der Waals surface area contributed by atoms with E-state index < -0.39 is 0 Å². The Hall–Kier alpha value is -1.57. The summed E-state index contributed by atoms with van der Waals surface area (Å²) in [6.45, 7) is 1.53. The first-order valence-corrected chi connectivity index (χ1v) is 4.05. The first-order valence-electron chi connectivity index (χ1n) is 4.05. The lowest BCUT2D eigenvalue weighted by molar-refractivity contribution is -0.112. The van der Waals surface area contributed by atoms with Gasteiger partial charge in [-0.1, -0.05) is 18.2 Å². The second kappa shape index (κ2) is 4.45. The fourth-order valence-corrected chi connectivity index (χ4v) is 0.929. The third-order valence-electron chi connectivity index (χ3n) is 1.63. The number of carbonyl (C=O) groups excluding carboxylic acids is 1. The van der Waals surface area contributed by atoms with Crippen molar-refractivity contribution < 1.29 is 9.53 Å². The smallest absolute Gasteiger partial charge is 0.152 e. The van der Waals surface area contributed by atoms with Crippen LogP contribution in [0.4, 0.5) is 0 Å². The van der Waals surface area contributed by atoms with Crippen LogP contribution < -0.4 is 4.74 Å². The average Bonchev–Trinajstić information content (AvgIpc) is 2.15. The maximum Gasteiger partial charge on any atom is 0.152 e. The molecule has 2 nitrogen and oxygen atoms in total. The van der Waals surface area contributed by atoms with Gasteiger partial charge in [0.15, 0.2) is 5.78 Å². The number of rotatable bonds is 3. The van der Waals surface area contributed by atoms with E-state index >= 15 is 0 Å². The number of hydrogen-bond acceptors (Lipinski definition) is 2. The molecule has 0 heterocycles. The predicted octanol–water partition coefficient (Wildman–Crippen LogP) is 2.30. The van der Waals surface area contributed by atoms with E-state index in [2.05, 4.69) is 0 Å². The van der Waals surface area contributed by atoms with E-state index in [1.165, 1.54) is 6.92 Å². The van der Waals surface area contributed by atoms with Crippen molar-refractivity contribution in [3.05, 3.63) is 35.9 Å². The molecule has 0 aliphatic heterocycles. The van der Waals surface area contributed by atoms with Gasteiger partial charge in [-0.05, 0) is 30.7 Å². The third kappa shape index (κ3) is 3.11. The molecule has 1 aromatic carbocycles. The monoisotopic (exact) mass is 176 g/mol. The highest BCUT2D eigenvalue weighted by Crippen LogP contribution is 2.11. The molecular formula is C11H12O2. The normalized spacial score (nSPS) is 10.3. The van der Waals surface area contributed by atoms with Crippen LogP contribution in [0.1, 0.15) is 12.5 Å². The van der Waals surface area contributed by atoms with Crippen molar-refractivity contribution in [1.82, 2.24) is 0 Å². The number of ketones is 1. The molecule has 0 amide bonds. The van der Waals surface area contributed by atoms with E-state index in [0.717, 1.165) is 11.3 Å². The van der Waals surface area contributed by atoms with E-state index in [4.69, 9.17) is 4.74 Å². The molecule has 1 rings (SSSR count). The Morgan fingerprint density at radius 1 is 1.31 bits per heavy atom. The molecule has 2 heteroatoms. The SMILES string of the molecule is COc1ccc(/C=C\C(C)=O)cc1. The minimum absolute atomic E-state index is 0.0517. The molecule has 0 aliphatic carbocycles. The lowest BCUT2D eigenvalue weighted by Crippen LogP contribution is -1.82. The predicted molar refractivity (Wildman–Crippen MR) is 52.7 cm³/mol. The van der Waals surface area contributed by atoms with Crippen molar-refractivity contribution in [2.45, 2.75) is 6.92 Å². The van der Waals surface area contributed by atoms with E-state index in [0.29, 0.717) is 0 Å². The number of carbonyl (C=O) groups is 1. The maximum atomic E-state index is 10.6. The molecular weight excluding hydrogens is 164 g/mol. The lowest BCUT2D eigenvalue weighted by Gasteiger charge is -1.98. The van der Waals surface area contributed by atoms with Crippen LogP contribution in [0, 0.1) is 0 Å². The van der Waals surface area contributed by atoms with Crippen molar-refractivity contribution in [2.75, 3.05) is 7.11 Å². The molecule has 0 fully saturated rings. The average molecular weight is 176 g/mol. The quantitative estimate of drug-likeness (QED) is 0.660. The Balaban J connectivity index is 2.75. The molecule has 0 saturated carbocycles. The fourth-order valence-electron chi connectivity index (χ4n) is 0.929. The molecule has 0 bridgehead atoms.